The van der Waals surface area contributed by atoms with Crippen molar-refractivity contribution < 1.29 is 14.6 Å². The van der Waals surface area contributed by atoms with Crippen LogP contribution in [0.25, 0.3) is 5.65 Å². The molecule has 0 aliphatic heterocycles. The molecule has 2 heterocycles. The Hall–Kier alpha value is -2.61. The molecular formula is C16H14BrN3O4. The van der Waals surface area contributed by atoms with Gasteiger partial charge in [0, 0.05) is 10.9 Å². The summed E-state index contributed by atoms with van der Waals surface area (Å²) >= 11 is 3.35. The molecule has 0 aliphatic rings. The SMILES string of the molecule is CCOC(=O)c1cnn2c(O)c(Cc3ccc(Br)cc3)c(=O)[nH]c12. The maximum Gasteiger partial charge on any atom is 0.343 e. The van der Waals surface area contributed by atoms with E-state index in [1.54, 1.807) is 6.92 Å². The molecule has 0 amide bonds. The molecule has 0 aliphatic carbocycles. The van der Waals surface area contributed by atoms with Crippen LogP contribution in [0.5, 0.6) is 5.88 Å². The molecule has 124 valence electrons. The molecule has 1 aromatic carbocycles. The number of rotatable bonds is 4. The third kappa shape index (κ3) is 2.92. The van der Waals surface area contributed by atoms with E-state index >= 15 is 0 Å². The van der Waals surface area contributed by atoms with Crippen LogP contribution in [-0.4, -0.2) is 32.3 Å². The fraction of sp³-hybridized carbons (Fsp3) is 0.188. The summed E-state index contributed by atoms with van der Waals surface area (Å²) in [4.78, 5) is 26.8. The van der Waals surface area contributed by atoms with Gasteiger partial charge in [-0.1, -0.05) is 28.1 Å². The number of aromatic nitrogens is 3. The lowest BCUT2D eigenvalue weighted by molar-refractivity contribution is 0.0528. The summed E-state index contributed by atoms with van der Waals surface area (Å²) in [6.45, 7) is 1.88. The molecule has 0 saturated heterocycles. The van der Waals surface area contributed by atoms with E-state index in [-0.39, 0.29) is 35.7 Å². The smallest absolute Gasteiger partial charge is 0.343 e. The van der Waals surface area contributed by atoms with Gasteiger partial charge in [-0.25, -0.2) is 4.79 Å². The van der Waals surface area contributed by atoms with Gasteiger partial charge in [0.15, 0.2) is 5.65 Å². The molecule has 0 fully saturated rings. The predicted molar refractivity (Wildman–Crippen MR) is 90.4 cm³/mol. The topological polar surface area (TPSA) is 96.7 Å². The second-order valence-electron chi connectivity index (χ2n) is 5.10. The van der Waals surface area contributed by atoms with Gasteiger partial charge in [-0.15, -0.1) is 0 Å². The van der Waals surface area contributed by atoms with E-state index in [1.807, 2.05) is 24.3 Å². The molecule has 0 spiro atoms. The zero-order chi connectivity index (χ0) is 17.3. The number of nitrogens with one attached hydrogen (secondary N) is 1. The lowest BCUT2D eigenvalue weighted by Gasteiger charge is -2.07. The lowest BCUT2D eigenvalue weighted by atomic mass is 10.1. The quantitative estimate of drug-likeness (QED) is 0.664. The number of hydrogen-bond donors (Lipinski definition) is 2. The first kappa shape index (κ1) is 16.3. The van der Waals surface area contributed by atoms with Crippen molar-refractivity contribution in [2.24, 2.45) is 0 Å². The van der Waals surface area contributed by atoms with Gasteiger partial charge in [0.05, 0.1) is 18.4 Å². The van der Waals surface area contributed by atoms with Gasteiger partial charge in [-0.3, -0.25) is 4.79 Å². The van der Waals surface area contributed by atoms with E-state index in [9.17, 15) is 14.7 Å². The van der Waals surface area contributed by atoms with Crippen molar-refractivity contribution in [1.29, 1.82) is 0 Å². The Morgan fingerprint density at radius 3 is 2.75 bits per heavy atom. The highest BCUT2D eigenvalue weighted by Crippen LogP contribution is 2.20. The number of hydrogen-bond acceptors (Lipinski definition) is 5. The van der Waals surface area contributed by atoms with E-state index in [0.29, 0.717) is 0 Å². The van der Waals surface area contributed by atoms with Crippen LogP contribution in [0.3, 0.4) is 0 Å². The van der Waals surface area contributed by atoms with Crippen molar-refractivity contribution in [3.05, 3.63) is 62.0 Å². The van der Waals surface area contributed by atoms with Crippen molar-refractivity contribution in [1.82, 2.24) is 14.6 Å². The maximum absolute atomic E-state index is 12.3. The number of carbonyl (C=O) groups is 1. The minimum Gasteiger partial charge on any atom is -0.493 e. The van der Waals surface area contributed by atoms with Gasteiger partial charge in [-0.2, -0.15) is 9.61 Å². The third-order valence-electron chi connectivity index (χ3n) is 3.54. The standard InChI is InChI=1S/C16H14BrN3O4/c1-2-24-16(23)12-8-18-20-13(12)19-14(21)11(15(20)22)7-9-3-5-10(17)6-4-9/h3-6,8,22H,2,7H2,1H3,(H,19,21). The summed E-state index contributed by atoms with van der Waals surface area (Å²) in [5, 5.41) is 14.4. The van der Waals surface area contributed by atoms with Crippen molar-refractivity contribution in [3.63, 3.8) is 0 Å². The van der Waals surface area contributed by atoms with Crippen LogP contribution < -0.4 is 5.56 Å². The second kappa shape index (κ2) is 6.48. The molecule has 0 bridgehead atoms. The monoisotopic (exact) mass is 391 g/mol. The molecule has 0 radical (unpaired) electrons. The second-order valence-corrected chi connectivity index (χ2v) is 6.01. The Labute approximate surface area is 145 Å². The summed E-state index contributed by atoms with van der Waals surface area (Å²) < 4.78 is 6.96. The summed E-state index contributed by atoms with van der Waals surface area (Å²) in [5.41, 5.74) is 0.753. The minimum atomic E-state index is -0.608. The Morgan fingerprint density at radius 2 is 2.08 bits per heavy atom. The fourth-order valence-corrected chi connectivity index (χ4v) is 2.63. The zero-order valence-electron chi connectivity index (χ0n) is 12.7. The van der Waals surface area contributed by atoms with Crippen LogP contribution in [0.2, 0.25) is 0 Å². The lowest BCUT2D eigenvalue weighted by Crippen LogP contribution is -2.17. The molecule has 0 saturated carbocycles. The molecule has 24 heavy (non-hydrogen) atoms. The van der Waals surface area contributed by atoms with Crippen LogP contribution >= 0.6 is 15.9 Å². The molecule has 7 nitrogen and oxygen atoms in total. The average Bonchev–Trinajstić information content (AvgIpc) is 2.97. The Morgan fingerprint density at radius 1 is 1.38 bits per heavy atom. The van der Waals surface area contributed by atoms with Gasteiger partial charge in [0.1, 0.15) is 5.56 Å². The van der Waals surface area contributed by atoms with Crippen molar-refractivity contribution in [2.45, 2.75) is 13.3 Å². The average molecular weight is 392 g/mol. The maximum atomic E-state index is 12.3. The number of esters is 1. The van der Waals surface area contributed by atoms with Crippen LogP contribution in [-0.2, 0) is 11.2 Å². The van der Waals surface area contributed by atoms with Gasteiger partial charge in [0.25, 0.3) is 5.56 Å². The van der Waals surface area contributed by atoms with Crippen LogP contribution in [0.4, 0.5) is 0 Å². The first-order chi connectivity index (χ1) is 11.5. The largest absolute Gasteiger partial charge is 0.493 e. The van der Waals surface area contributed by atoms with Crippen LogP contribution in [0, 0.1) is 0 Å². The number of benzene rings is 1. The first-order valence-corrected chi connectivity index (χ1v) is 8.04. The van der Waals surface area contributed by atoms with Gasteiger partial charge in [-0.05, 0) is 24.6 Å². The highest BCUT2D eigenvalue weighted by molar-refractivity contribution is 9.10. The van der Waals surface area contributed by atoms with Crippen LogP contribution in [0.1, 0.15) is 28.4 Å². The van der Waals surface area contributed by atoms with E-state index in [1.165, 1.54) is 6.20 Å². The Bertz CT molecular complexity index is 960. The molecule has 8 heteroatoms. The van der Waals surface area contributed by atoms with Gasteiger partial charge in [0.2, 0.25) is 5.88 Å². The molecule has 3 rings (SSSR count). The number of H-pyrrole nitrogens is 1. The molecule has 0 atom stereocenters. The van der Waals surface area contributed by atoms with Gasteiger partial charge >= 0.3 is 5.97 Å². The number of aromatic hydroxyl groups is 1. The molecule has 2 aromatic heterocycles. The highest BCUT2D eigenvalue weighted by atomic mass is 79.9. The van der Waals surface area contributed by atoms with E-state index in [2.05, 4.69) is 26.0 Å². The van der Waals surface area contributed by atoms with Crippen LogP contribution in [0.15, 0.2) is 39.7 Å². The predicted octanol–water partition coefficient (Wildman–Crippen LogP) is 2.26. The van der Waals surface area contributed by atoms with E-state index in [4.69, 9.17) is 4.74 Å². The Kier molecular flexibility index (Phi) is 4.39. The highest BCUT2D eigenvalue weighted by Gasteiger charge is 2.20. The number of halogens is 1. The summed E-state index contributed by atoms with van der Waals surface area (Å²) in [5.74, 6) is -0.907. The number of aromatic amines is 1. The Balaban J connectivity index is 2.06. The number of nitrogens with zero attached hydrogens (tertiary/aromatic N) is 2. The number of fused-ring (bicyclic) bond motifs is 1. The summed E-state index contributed by atoms with van der Waals surface area (Å²) in [6, 6.07) is 7.40. The molecule has 0 unspecified atom stereocenters. The summed E-state index contributed by atoms with van der Waals surface area (Å²) in [6.07, 6.45) is 1.49. The third-order valence-corrected chi connectivity index (χ3v) is 4.06. The van der Waals surface area contributed by atoms with Crippen molar-refractivity contribution >= 4 is 27.5 Å². The fourth-order valence-electron chi connectivity index (χ4n) is 2.37. The molecule has 3 aromatic rings. The first-order valence-electron chi connectivity index (χ1n) is 7.24. The van der Waals surface area contributed by atoms with E-state index in [0.717, 1.165) is 14.6 Å². The van der Waals surface area contributed by atoms with Crippen molar-refractivity contribution in [3.8, 4) is 5.88 Å². The van der Waals surface area contributed by atoms with Gasteiger partial charge < -0.3 is 14.8 Å². The van der Waals surface area contributed by atoms with Crippen molar-refractivity contribution in [2.75, 3.05) is 6.61 Å². The van der Waals surface area contributed by atoms with E-state index < -0.39 is 11.5 Å². The summed E-state index contributed by atoms with van der Waals surface area (Å²) in [7, 11) is 0. The normalized spacial score (nSPS) is 10.9. The minimum absolute atomic E-state index is 0.0967. The number of ether oxygens (including phenoxy) is 1. The molecule has 2 N–H and O–H groups in total. The molecular weight excluding hydrogens is 378 g/mol. The zero-order valence-corrected chi connectivity index (χ0v) is 14.3. The number of carbonyl (C=O) groups excluding carboxylic acids is 1.